The number of carbonyl (C=O) groups is 1. The quantitative estimate of drug-likeness (QED) is 0.851. The van der Waals surface area contributed by atoms with Crippen LogP contribution in [0.2, 0.25) is 0 Å². The van der Waals surface area contributed by atoms with Gasteiger partial charge in [0.05, 0.1) is 7.11 Å². The van der Waals surface area contributed by atoms with Crippen LogP contribution in [0.25, 0.3) is 0 Å². The number of likely N-dealkylation sites (N-methyl/N-ethyl adjacent to an activating group) is 1. The van der Waals surface area contributed by atoms with Gasteiger partial charge in [0.15, 0.2) is 17.3 Å². The van der Waals surface area contributed by atoms with Crippen LogP contribution in [0.4, 0.5) is 0 Å². The average molecular weight is 355 g/mol. The molecule has 0 aliphatic carbocycles. The fraction of sp³-hybridized carbons (Fsp3) is 0.350. The monoisotopic (exact) mass is 355 g/mol. The van der Waals surface area contributed by atoms with Crippen LogP contribution >= 0.6 is 0 Å². The Kier molecular flexibility index (Phi) is 4.20. The van der Waals surface area contributed by atoms with Crippen molar-refractivity contribution in [2.24, 2.45) is 0 Å². The number of hydrogen-bond acceptors (Lipinski definition) is 6. The second-order valence-electron chi connectivity index (χ2n) is 6.64. The van der Waals surface area contributed by atoms with Crippen LogP contribution < -0.4 is 14.2 Å². The summed E-state index contributed by atoms with van der Waals surface area (Å²) in [7, 11) is 3.63. The van der Waals surface area contributed by atoms with Gasteiger partial charge in [0.1, 0.15) is 5.75 Å². The van der Waals surface area contributed by atoms with Crippen molar-refractivity contribution in [2.45, 2.75) is 18.9 Å². The Balaban J connectivity index is 1.71. The maximum absolute atomic E-state index is 12.8. The average Bonchev–Trinajstić information content (AvgIpc) is 3.11. The number of ether oxygens (including phenoxy) is 3. The molecule has 4 rings (SSSR count). The van der Waals surface area contributed by atoms with Crippen LogP contribution in [-0.4, -0.2) is 43.3 Å². The van der Waals surface area contributed by atoms with Crippen LogP contribution in [0.15, 0.2) is 30.3 Å². The van der Waals surface area contributed by atoms with Gasteiger partial charge in [-0.2, -0.15) is 0 Å². The number of methoxy groups -OCH3 is 1. The zero-order valence-corrected chi connectivity index (χ0v) is 14.8. The number of aromatic hydroxyl groups is 1. The molecule has 0 spiro atoms. The molecule has 0 saturated heterocycles. The molecule has 6 heteroatoms. The number of ketones is 1. The van der Waals surface area contributed by atoms with E-state index in [1.807, 2.05) is 13.1 Å². The summed E-state index contributed by atoms with van der Waals surface area (Å²) in [6, 6.07) is 8.26. The number of hydrogen-bond donors (Lipinski definition) is 1. The lowest BCUT2D eigenvalue weighted by Crippen LogP contribution is -2.34. The third-order valence-electron chi connectivity index (χ3n) is 5.11. The summed E-state index contributed by atoms with van der Waals surface area (Å²) < 4.78 is 16.8. The summed E-state index contributed by atoms with van der Waals surface area (Å²) in [5.41, 5.74) is 2.72. The zero-order valence-electron chi connectivity index (χ0n) is 14.8. The third-order valence-corrected chi connectivity index (χ3v) is 5.11. The second kappa shape index (κ2) is 6.53. The van der Waals surface area contributed by atoms with Gasteiger partial charge in [0, 0.05) is 30.1 Å². The van der Waals surface area contributed by atoms with Crippen LogP contribution in [0.5, 0.6) is 23.0 Å². The van der Waals surface area contributed by atoms with Gasteiger partial charge in [-0.25, -0.2) is 0 Å². The van der Waals surface area contributed by atoms with E-state index in [4.69, 9.17) is 14.2 Å². The maximum atomic E-state index is 12.8. The Morgan fingerprint density at radius 3 is 2.81 bits per heavy atom. The molecular weight excluding hydrogens is 334 g/mol. The van der Waals surface area contributed by atoms with Gasteiger partial charge in [-0.3, -0.25) is 9.69 Å². The van der Waals surface area contributed by atoms with Crippen LogP contribution in [0, 0.1) is 0 Å². The lowest BCUT2D eigenvalue weighted by Gasteiger charge is -2.35. The van der Waals surface area contributed by atoms with Crippen molar-refractivity contribution >= 4 is 5.78 Å². The van der Waals surface area contributed by atoms with E-state index in [1.165, 1.54) is 12.1 Å². The highest BCUT2D eigenvalue weighted by Crippen LogP contribution is 2.50. The first kappa shape index (κ1) is 16.7. The fourth-order valence-corrected chi connectivity index (χ4v) is 3.72. The number of nitrogens with zero attached hydrogens (tertiary/aromatic N) is 1. The van der Waals surface area contributed by atoms with E-state index in [0.717, 1.165) is 24.1 Å². The molecule has 1 N–H and O–H groups in total. The smallest absolute Gasteiger partial charge is 0.231 e. The van der Waals surface area contributed by atoms with Crippen molar-refractivity contribution in [1.29, 1.82) is 0 Å². The highest BCUT2D eigenvalue weighted by atomic mass is 16.7. The molecule has 0 bridgehead atoms. The summed E-state index contributed by atoms with van der Waals surface area (Å²) in [5.74, 6) is 2.15. The molecule has 0 amide bonds. The summed E-state index contributed by atoms with van der Waals surface area (Å²) >= 11 is 0. The molecule has 6 nitrogen and oxygen atoms in total. The van der Waals surface area contributed by atoms with Gasteiger partial charge in [-0.15, -0.1) is 0 Å². The van der Waals surface area contributed by atoms with E-state index in [-0.39, 0.29) is 24.4 Å². The van der Waals surface area contributed by atoms with E-state index in [1.54, 1.807) is 19.2 Å². The lowest BCUT2D eigenvalue weighted by molar-refractivity contribution is 0.0925. The summed E-state index contributed by atoms with van der Waals surface area (Å²) in [6.07, 6.45) is 1.19. The van der Waals surface area contributed by atoms with E-state index >= 15 is 0 Å². The number of rotatable bonds is 4. The Labute approximate surface area is 151 Å². The Morgan fingerprint density at radius 1 is 1.31 bits per heavy atom. The largest absolute Gasteiger partial charge is 0.508 e. The van der Waals surface area contributed by atoms with Crippen LogP contribution in [0.3, 0.4) is 0 Å². The van der Waals surface area contributed by atoms with Crippen molar-refractivity contribution in [3.63, 3.8) is 0 Å². The van der Waals surface area contributed by atoms with E-state index in [2.05, 4.69) is 4.90 Å². The standard InChI is InChI=1S/C20H21NO5/c1-21-8-7-13-9-17-19(26-11-25-17)20(24-2)18(13)15(21)10-16(23)12-3-5-14(22)6-4-12/h3-6,9,15,22H,7-8,10-11H2,1-2H3/t15-/m1/s1. The fourth-order valence-electron chi connectivity index (χ4n) is 3.72. The number of phenols is 1. The SMILES string of the molecule is COc1c2c(cc3c1[C@@H](CC(=O)c1ccc(O)cc1)N(C)CC3)OCO2. The highest BCUT2D eigenvalue weighted by molar-refractivity contribution is 5.96. The molecular formula is C20H21NO5. The lowest BCUT2D eigenvalue weighted by atomic mass is 9.87. The molecule has 0 unspecified atom stereocenters. The van der Waals surface area contributed by atoms with Crippen molar-refractivity contribution < 1.29 is 24.1 Å². The molecule has 2 aliphatic heterocycles. The number of phenolic OH excluding ortho intramolecular Hbond substituents is 1. The Bertz CT molecular complexity index is 846. The molecule has 0 fully saturated rings. The molecule has 26 heavy (non-hydrogen) atoms. The van der Waals surface area contributed by atoms with Gasteiger partial charge in [-0.05, 0) is 49.4 Å². The molecule has 136 valence electrons. The van der Waals surface area contributed by atoms with Crippen molar-refractivity contribution in [3.8, 4) is 23.0 Å². The topological polar surface area (TPSA) is 68.2 Å². The number of carbonyl (C=O) groups excluding carboxylic acids is 1. The van der Waals surface area contributed by atoms with Gasteiger partial charge in [0.25, 0.3) is 0 Å². The predicted molar refractivity (Wildman–Crippen MR) is 95.2 cm³/mol. The molecule has 0 radical (unpaired) electrons. The van der Waals surface area contributed by atoms with Crippen molar-refractivity contribution in [3.05, 3.63) is 47.0 Å². The third kappa shape index (κ3) is 2.76. The van der Waals surface area contributed by atoms with Crippen molar-refractivity contribution in [1.82, 2.24) is 4.90 Å². The van der Waals surface area contributed by atoms with E-state index in [0.29, 0.717) is 29.2 Å². The second-order valence-corrected chi connectivity index (χ2v) is 6.64. The minimum atomic E-state index is -0.107. The Morgan fingerprint density at radius 2 is 2.08 bits per heavy atom. The predicted octanol–water partition coefficient (Wildman–Crippen LogP) is 2.93. The van der Waals surface area contributed by atoms with Crippen LogP contribution in [-0.2, 0) is 6.42 Å². The first-order chi connectivity index (χ1) is 12.6. The summed E-state index contributed by atoms with van der Waals surface area (Å²) in [5, 5.41) is 9.43. The normalized spacial score (nSPS) is 18.5. The van der Waals surface area contributed by atoms with Gasteiger partial charge < -0.3 is 19.3 Å². The molecule has 2 aromatic carbocycles. The van der Waals surface area contributed by atoms with Gasteiger partial charge in [0.2, 0.25) is 12.5 Å². The van der Waals surface area contributed by atoms with Gasteiger partial charge in [-0.1, -0.05) is 0 Å². The maximum Gasteiger partial charge on any atom is 0.231 e. The number of benzene rings is 2. The van der Waals surface area contributed by atoms with Crippen molar-refractivity contribution in [2.75, 3.05) is 27.5 Å². The highest BCUT2D eigenvalue weighted by Gasteiger charge is 2.35. The van der Waals surface area contributed by atoms with Crippen LogP contribution in [0.1, 0.15) is 33.9 Å². The van der Waals surface area contributed by atoms with E-state index < -0.39 is 0 Å². The number of fused-ring (bicyclic) bond motifs is 2. The molecule has 2 heterocycles. The zero-order chi connectivity index (χ0) is 18.3. The first-order valence-electron chi connectivity index (χ1n) is 8.60. The van der Waals surface area contributed by atoms with E-state index in [9.17, 15) is 9.90 Å². The summed E-state index contributed by atoms with van der Waals surface area (Å²) in [4.78, 5) is 15.0. The Hall–Kier alpha value is -2.73. The molecule has 0 saturated carbocycles. The molecule has 2 aliphatic rings. The molecule has 0 aromatic heterocycles. The first-order valence-corrected chi connectivity index (χ1v) is 8.60. The molecule has 2 aromatic rings. The minimum Gasteiger partial charge on any atom is -0.508 e. The minimum absolute atomic E-state index is 0.0226. The summed E-state index contributed by atoms with van der Waals surface area (Å²) in [6.45, 7) is 1.03. The van der Waals surface area contributed by atoms with Gasteiger partial charge >= 0.3 is 0 Å². The number of Topliss-reactive ketones (excluding diaryl/α,β-unsaturated/α-hetero) is 1. The molecule has 1 atom stereocenters.